The second-order valence-electron chi connectivity index (χ2n) is 5.55. The first-order valence-corrected chi connectivity index (χ1v) is 9.17. The van der Waals surface area contributed by atoms with Gasteiger partial charge >= 0.3 is 0 Å². The molecule has 2 rings (SSSR count). The number of nitrogens with zero attached hydrogens (tertiary/aromatic N) is 1. The molecule has 6 heteroatoms. The summed E-state index contributed by atoms with van der Waals surface area (Å²) in [5.74, 6) is 0. The second kappa shape index (κ2) is 7.24. The standard InChI is InChI=1S/C15H24N2O3S/c1-20-11-10-17-9-5-6-13(12-17)16-14-7-3-4-8-15(14)21(2,18)19/h3-4,7-8,13,16H,5-6,9-12H2,1-2H3. The van der Waals surface area contributed by atoms with Gasteiger partial charge in [0.05, 0.1) is 17.2 Å². The van der Waals surface area contributed by atoms with E-state index >= 15 is 0 Å². The fourth-order valence-corrected chi connectivity index (χ4v) is 3.58. The normalized spacial score (nSPS) is 20.4. The van der Waals surface area contributed by atoms with Gasteiger partial charge in [-0.25, -0.2) is 8.42 Å². The number of anilines is 1. The van der Waals surface area contributed by atoms with E-state index in [9.17, 15) is 8.42 Å². The Morgan fingerprint density at radius 2 is 2.14 bits per heavy atom. The van der Waals surface area contributed by atoms with Crippen molar-refractivity contribution < 1.29 is 13.2 Å². The zero-order chi connectivity index (χ0) is 15.3. The highest BCUT2D eigenvalue weighted by atomic mass is 32.2. The monoisotopic (exact) mass is 312 g/mol. The van der Waals surface area contributed by atoms with E-state index in [0.717, 1.165) is 39.1 Å². The van der Waals surface area contributed by atoms with Crippen molar-refractivity contribution in [3.63, 3.8) is 0 Å². The molecular weight excluding hydrogens is 288 g/mol. The van der Waals surface area contributed by atoms with Gasteiger partial charge in [0.15, 0.2) is 9.84 Å². The third kappa shape index (κ3) is 4.69. The number of hydrogen-bond donors (Lipinski definition) is 1. The number of nitrogens with one attached hydrogen (secondary N) is 1. The van der Waals surface area contributed by atoms with E-state index < -0.39 is 9.84 Å². The molecule has 1 saturated heterocycles. The van der Waals surface area contributed by atoms with Gasteiger partial charge in [-0.15, -0.1) is 0 Å². The zero-order valence-electron chi connectivity index (χ0n) is 12.7. The predicted octanol–water partition coefficient (Wildman–Crippen LogP) is 1.61. The molecule has 1 aromatic carbocycles. The predicted molar refractivity (Wildman–Crippen MR) is 84.5 cm³/mol. The van der Waals surface area contributed by atoms with Crippen LogP contribution in [0.2, 0.25) is 0 Å². The summed E-state index contributed by atoms with van der Waals surface area (Å²) in [5, 5.41) is 3.40. The molecule has 1 aromatic rings. The third-order valence-electron chi connectivity index (χ3n) is 3.76. The molecule has 1 aliphatic rings. The minimum absolute atomic E-state index is 0.276. The molecule has 118 valence electrons. The lowest BCUT2D eigenvalue weighted by Gasteiger charge is -2.33. The van der Waals surface area contributed by atoms with Gasteiger partial charge in [-0.3, -0.25) is 4.90 Å². The summed E-state index contributed by atoms with van der Waals surface area (Å²) in [6, 6.07) is 7.39. The van der Waals surface area contributed by atoms with Crippen molar-refractivity contribution in [3.05, 3.63) is 24.3 Å². The number of piperidine rings is 1. The molecule has 1 N–H and O–H groups in total. The molecular formula is C15H24N2O3S. The molecule has 0 aliphatic carbocycles. The molecule has 21 heavy (non-hydrogen) atoms. The summed E-state index contributed by atoms with van der Waals surface area (Å²) in [6.07, 6.45) is 3.42. The molecule has 0 bridgehead atoms. The molecule has 0 spiro atoms. The first-order chi connectivity index (χ1) is 10.0. The number of benzene rings is 1. The van der Waals surface area contributed by atoms with Gasteiger partial charge in [-0.05, 0) is 31.5 Å². The van der Waals surface area contributed by atoms with Crippen LogP contribution in [0.15, 0.2) is 29.2 Å². The fraction of sp³-hybridized carbons (Fsp3) is 0.600. The number of para-hydroxylation sites is 1. The lowest BCUT2D eigenvalue weighted by molar-refractivity contribution is 0.131. The smallest absolute Gasteiger partial charge is 0.177 e. The van der Waals surface area contributed by atoms with Crippen molar-refractivity contribution in [1.82, 2.24) is 4.90 Å². The molecule has 0 amide bonds. The highest BCUT2D eigenvalue weighted by Gasteiger charge is 2.21. The number of sulfone groups is 1. The van der Waals surface area contributed by atoms with Crippen LogP contribution in [0.25, 0.3) is 0 Å². The lowest BCUT2D eigenvalue weighted by Crippen LogP contribution is -2.43. The van der Waals surface area contributed by atoms with Gasteiger partial charge in [0.1, 0.15) is 0 Å². The van der Waals surface area contributed by atoms with E-state index in [0.29, 0.717) is 10.6 Å². The highest BCUT2D eigenvalue weighted by Crippen LogP contribution is 2.23. The van der Waals surface area contributed by atoms with Crippen LogP contribution in [0.1, 0.15) is 12.8 Å². The number of likely N-dealkylation sites (tertiary alicyclic amines) is 1. The Bertz CT molecular complexity index is 560. The molecule has 1 fully saturated rings. The van der Waals surface area contributed by atoms with E-state index in [-0.39, 0.29) is 6.04 Å². The maximum absolute atomic E-state index is 11.8. The average Bonchev–Trinajstić information content (AvgIpc) is 2.45. The minimum Gasteiger partial charge on any atom is -0.383 e. The summed E-state index contributed by atoms with van der Waals surface area (Å²) < 4.78 is 28.8. The van der Waals surface area contributed by atoms with Crippen molar-refractivity contribution in [3.8, 4) is 0 Å². The molecule has 5 nitrogen and oxygen atoms in total. The molecule has 1 atom stereocenters. The van der Waals surface area contributed by atoms with Crippen LogP contribution in [-0.4, -0.2) is 59.0 Å². The van der Waals surface area contributed by atoms with Crippen LogP contribution in [0.3, 0.4) is 0 Å². The molecule has 1 unspecified atom stereocenters. The van der Waals surface area contributed by atoms with E-state index in [1.54, 1.807) is 19.2 Å². The second-order valence-corrected chi connectivity index (χ2v) is 7.53. The van der Waals surface area contributed by atoms with Crippen LogP contribution in [0.5, 0.6) is 0 Å². The van der Waals surface area contributed by atoms with E-state index in [1.807, 2.05) is 12.1 Å². The summed E-state index contributed by atoms with van der Waals surface area (Å²) in [7, 11) is -1.50. The maximum atomic E-state index is 11.8. The number of hydrogen-bond acceptors (Lipinski definition) is 5. The van der Waals surface area contributed by atoms with Crippen molar-refractivity contribution in [2.24, 2.45) is 0 Å². The van der Waals surface area contributed by atoms with Crippen molar-refractivity contribution in [2.45, 2.75) is 23.8 Å². The van der Waals surface area contributed by atoms with Crippen LogP contribution >= 0.6 is 0 Å². The Kier molecular flexibility index (Phi) is 5.61. The Labute approximate surface area is 127 Å². The Morgan fingerprint density at radius 3 is 2.86 bits per heavy atom. The number of ether oxygens (including phenoxy) is 1. The van der Waals surface area contributed by atoms with Gasteiger partial charge in [0, 0.05) is 32.5 Å². The van der Waals surface area contributed by atoms with Crippen LogP contribution in [0.4, 0.5) is 5.69 Å². The maximum Gasteiger partial charge on any atom is 0.177 e. The zero-order valence-corrected chi connectivity index (χ0v) is 13.5. The topological polar surface area (TPSA) is 58.6 Å². The Morgan fingerprint density at radius 1 is 1.38 bits per heavy atom. The SMILES string of the molecule is COCCN1CCCC(Nc2ccccc2S(C)(=O)=O)C1. The quantitative estimate of drug-likeness (QED) is 0.865. The third-order valence-corrected chi connectivity index (χ3v) is 4.92. The van der Waals surface area contributed by atoms with E-state index in [2.05, 4.69) is 10.2 Å². The molecule has 0 radical (unpaired) electrons. The molecule has 0 aromatic heterocycles. The first-order valence-electron chi connectivity index (χ1n) is 7.27. The summed E-state index contributed by atoms with van der Waals surface area (Å²) >= 11 is 0. The van der Waals surface area contributed by atoms with Crippen LogP contribution in [0, 0.1) is 0 Å². The van der Waals surface area contributed by atoms with Crippen molar-refractivity contribution >= 4 is 15.5 Å². The highest BCUT2D eigenvalue weighted by molar-refractivity contribution is 7.90. The fourth-order valence-electron chi connectivity index (χ4n) is 2.73. The van der Waals surface area contributed by atoms with Gasteiger partial charge in [-0.2, -0.15) is 0 Å². The van der Waals surface area contributed by atoms with Crippen molar-refractivity contribution in [1.29, 1.82) is 0 Å². The van der Waals surface area contributed by atoms with Gasteiger partial charge < -0.3 is 10.1 Å². The summed E-state index contributed by atoms with van der Waals surface area (Å²) in [5.41, 5.74) is 0.707. The summed E-state index contributed by atoms with van der Waals surface area (Å²) in [6.45, 7) is 3.64. The van der Waals surface area contributed by atoms with Gasteiger partial charge in [0.2, 0.25) is 0 Å². The Balaban J connectivity index is 2.05. The Hall–Kier alpha value is -1.11. The average molecular weight is 312 g/mol. The van der Waals surface area contributed by atoms with E-state index in [1.165, 1.54) is 6.26 Å². The minimum atomic E-state index is -3.21. The molecule has 1 aliphatic heterocycles. The van der Waals surface area contributed by atoms with Gasteiger partial charge in [-0.1, -0.05) is 12.1 Å². The van der Waals surface area contributed by atoms with Crippen molar-refractivity contribution in [2.75, 3.05) is 44.9 Å². The van der Waals surface area contributed by atoms with Crippen LogP contribution in [-0.2, 0) is 14.6 Å². The van der Waals surface area contributed by atoms with E-state index in [4.69, 9.17) is 4.74 Å². The number of rotatable bonds is 6. The van der Waals surface area contributed by atoms with Crippen LogP contribution < -0.4 is 5.32 Å². The molecule has 1 heterocycles. The summed E-state index contributed by atoms with van der Waals surface area (Å²) in [4.78, 5) is 2.73. The largest absolute Gasteiger partial charge is 0.383 e. The number of methoxy groups -OCH3 is 1. The molecule has 0 saturated carbocycles. The lowest BCUT2D eigenvalue weighted by atomic mass is 10.1. The van der Waals surface area contributed by atoms with Gasteiger partial charge in [0.25, 0.3) is 0 Å². The first kappa shape index (κ1) is 16.3.